The van der Waals surface area contributed by atoms with Crippen molar-refractivity contribution in [1.82, 2.24) is 24.4 Å². The number of pyridine rings is 1. The molecule has 4 heterocycles. The van der Waals surface area contributed by atoms with E-state index in [1.807, 2.05) is 42.1 Å². The Morgan fingerprint density at radius 1 is 1.00 bits per heavy atom. The highest BCUT2D eigenvalue weighted by molar-refractivity contribution is 5.94. The molecule has 27 heavy (non-hydrogen) atoms. The van der Waals surface area contributed by atoms with E-state index in [0.29, 0.717) is 32.0 Å². The molecule has 7 nitrogen and oxygen atoms in total. The van der Waals surface area contributed by atoms with Crippen LogP contribution in [0, 0.1) is 12.7 Å². The smallest absolute Gasteiger partial charge is 0.255 e. The number of hydrogen-bond donors (Lipinski definition) is 0. The van der Waals surface area contributed by atoms with Crippen LogP contribution in [-0.4, -0.2) is 56.5 Å². The third kappa shape index (κ3) is 3.64. The van der Waals surface area contributed by atoms with Crippen LogP contribution in [0.3, 0.4) is 0 Å². The average molecular weight is 366 g/mol. The van der Waals surface area contributed by atoms with Crippen LogP contribution in [0.25, 0.3) is 5.82 Å². The molecule has 1 aliphatic heterocycles. The Labute approximate surface area is 156 Å². The molecular weight excluding hydrogens is 347 g/mol. The predicted octanol–water partition coefficient (Wildman–Crippen LogP) is 2.07. The number of halogens is 1. The van der Waals surface area contributed by atoms with Gasteiger partial charge in [-0.2, -0.15) is 0 Å². The first-order valence-electron chi connectivity index (χ1n) is 8.74. The van der Waals surface area contributed by atoms with Gasteiger partial charge in [-0.15, -0.1) is 0 Å². The van der Waals surface area contributed by atoms with Crippen molar-refractivity contribution < 1.29 is 9.18 Å². The van der Waals surface area contributed by atoms with Gasteiger partial charge in [0.2, 0.25) is 0 Å². The lowest BCUT2D eigenvalue weighted by Gasteiger charge is -2.35. The summed E-state index contributed by atoms with van der Waals surface area (Å²) in [5, 5.41) is 0. The number of anilines is 1. The Morgan fingerprint density at radius 3 is 2.41 bits per heavy atom. The van der Waals surface area contributed by atoms with Crippen molar-refractivity contribution in [3.8, 4) is 5.82 Å². The van der Waals surface area contributed by atoms with E-state index in [0.717, 1.165) is 17.8 Å². The molecule has 0 radical (unpaired) electrons. The number of carbonyl (C=O) groups is 1. The van der Waals surface area contributed by atoms with E-state index < -0.39 is 5.82 Å². The van der Waals surface area contributed by atoms with Crippen molar-refractivity contribution in [1.29, 1.82) is 0 Å². The molecule has 0 aliphatic carbocycles. The lowest BCUT2D eigenvalue weighted by molar-refractivity contribution is 0.0745. The Hall–Kier alpha value is -3.29. The third-order valence-corrected chi connectivity index (χ3v) is 4.52. The molecule has 0 aromatic carbocycles. The second kappa shape index (κ2) is 7.14. The molecular formula is C19H19FN6O. The van der Waals surface area contributed by atoms with E-state index in [4.69, 9.17) is 0 Å². The summed E-state index contributed by atoms with van der Waals surface area (Å²) >= 11 is 0. The normalized spacial score (nSPS) is 14.4. The molecule has 3 aromatic rings. The van der Waals surface area contributed by atoms with Crippen molar-refractivity contribution in [2.24, 2.45) is 0 Å². The van der Waals surface area contributed by atoms with Crippen LogP contribution in [0.4, 0.5) is 10.2 Å². The van der Waals surface area contributed by atoms with Gasteiger partial charge in [0.05, 0.1) is 11.8 Å². The van der Waals surface area contributed by atoms with Gasteiger partial charge in [0, 0.05) is 50.8 Å². The number of aromatic nitrogens is 4. The van der Waals surface area contributed by atoms with Gasteiger partial charge in [-0.05, 0) is 25.1 Å². The second-order valence-corrected chi connectivity index (χ2v) is 6.39. The van der Waals surface area contributed by atoms with E-state index in [1.54, 1.807) is 4.90 Å². The van der Waals surface area contributed by atoms with Crippen LogP contribution in [-0.2, 0) is 0 Å². The molecule has 3 aromatic heterocycles. The number of rotatable bonds is 3. The summed E-state index contributed by atoms with van der Waals surface area (Å²) in [7, 11) is 0. The summed E-state index contributed by atoms with van der Waals surface area (Å²) in [6.45, 7) is 4.24. The van der Waals surface area contributed by atoms with Crippen LogP contribution in [0.2, 0.25) is 0 Å². The summed E-state index contributed by atoms with van der Waals surface area (Å²) in [6.07, 6.45) is 6.37. The number of hydrogen-bond acceptors (Lipinski definition) is 5. The van der Waals surface area contributed by atoms with Gasteiger partial charge in [0.1, 0.15) is 23.3 Å². The Morgan fingerprint density at radius 2 is 1.70 bits per heavy atom. The molecule has 4 rings (SSSR count). The molecule has 1 saturated heterocycles. The maximum absolute atomic E-state index is 13.3. The second-order valence-electron chi connectivity index (χ2n) is 6.39. The fourth-order valence-electron chi connectivity index (χ4n) is 3.17. The van der Waals surface area contributed by atoms with Crippen molar-refractivity contribution in [2.45, 2.75) is 6.92 Å². The predicted molar refractivity (Wildman–Crippen MR) is 98.4 cm³/mol. The Kier molecular flexibility index (Phi) is 4.53. The zero-order chi connectivity index (χ0) is 18.8. The molecule has 0 saturated carbocycles. The summed E-state index contributed by atoms with van der Waals surface area (Å²) < 4.78 is 15.3. The number of amides is 1. The van der Waals surface area contributed by atoms with Crippen LogP contribution < -0.4 is 4.90 Å². The van der Waals surface area contributed by atoms with Crippen LogP contribution in [0.5, 0.6) is 0 Å². The molecule has 0 spiro atoms. The summed E-state index contributed by atoms with van der Waals surface area (Å²) in [5.41, 5.74) is 0.274. The minimum Gasteiger partial charge on any atom is -0.353 e. The van der Waals surface area contributed by atoms with Gasteiger partial charge in [0.15, 0.2) is 0 Å². The molecule has 1 aliphatic rings. The molecule has 1 amide bonds. The van der Waals surface area contributed by atoms with Crippen molar-refractivity contribution in [3.63, 3.8) is 0 Å². The topological polar surface area (TPSA) is 67.2 Å². The van der Waals surface area contributed by atoms with Gasteiger partial charge < -0.3 is 14.4 Å². The van der Waals surface area contributed by atoms with E-state index >= 15 is 0 Å². The summed E-state index contributed by atoms with van der Waals surface area (Å²) in [4.78, 5) is 29.2. The number of carbonyl (C=O) groups excluding carboxylic acids is 1. The fourth-order valence-corrected chi connectivity index (χ4v) is 3.17. The van der Waals surface area contributed by atoms with Gasteiger partial charge in [-0.1, -0.05) is 0 Å². The standard InChI is InChI=1S/C19H19FN6O/c1-14-22-17(24-4-2-3-5-24)11-18(23-14)25-6-8-26(9-7-25)19(27)15-10-16(20)13-21-12-15/h2-5,10-13H,6-9H2,1H3. The lowest BCUT2D eigenvalue weighted by atomic mass is 10.2. The Bertz CT molecular complexity index is 951. The first kappa shape index (κ1) is 17.1. The van der Waals surface area contributed by atoms with E-state index in [1.165, 1.54) is 12.3 Å². The third-order valence-electron chi connectivity index (χ3n) is 4.52. The lowest BCUT2D eigenvalue weighted by Crippen LogP contribution is -2.49. The molecule has 1 fully saturated rings. The van der Waals surface area contributed by atoms with Crippen LogP contribution >= 0.6 is 0 Å². The summed E-state index contributed by atoms with van der Waals surface area (Å²) in [6, 6.07) is 7.06. The fraction of sp³-hybridized carbons (Fsp3) is 0.263. The maximum Gasteiger partial charge on any atom is 0.255 e. The highest BCUT2D eigenvalue weighted by Crippen LogP contribution is 2.18. The molecule has 138 valence electrons. The minimum absolute atomic E-state index is 0.200. The maximum atomic E-state index is 13.3. The monoisotopic (exact) mass is 366 g/mol. The first-order valence-corrected chi connectivity index (χ1v) is 8.74. The molecule has 0 atom stereocenters. The number of piperazine rings is 1. The van der Waals surface area contributed by atoms with Crippen molar-refractivity contribution >= 4 is 11.7 Å². The highest BCUT2D eigenvalue weighted by Gasteiger charge is 2.24. The molecule has 0 N–H and O–H groups in total. The van der Waals surface area contributed by atoms with Gasteiger partial charge in [-0.3, -0.25) is 9.78 Å². The highest BCUT2D eigenvalue weighted by atomic mass is 19.1. The number of aryl methyl sites for hydroxylation is 1. The van der Waals surface area contributed by atoms with E-state index in [2.05, 4.69) is 19.9 Å². The quantitative estimate of drug-likeness (QED) is 0.710. The molecule has 8 heteroatoms. The van der Waals surface area contributed by atoms with Crippen LogP contribution in [0.15, 0.2) is 49.1 Å². The summed E-state index contributed by atoms with van der Waals surface area (Å²) in [5.74, 6) is 1.64. The zero-order valence-corrected chi connectivity index (χ0v) is 14.9. The average Bonchev–Trinajstić information content (AvgIpc) is 3.22. The Balaban J connectivity index is 1.47. The van der Waals surface area contributed by atoms with Crippen LogP contribution in [0.1, 0.15) is 16.2 Å². The van der Waals surface area contributed by atoms with Crippen molar-refractivity contribution in [2.75, 3.05) is 31.1 Å². The van der Waals surface area contributed by atoms with Gasteiger partial charge >= 0.3 is 0 Å². The SMILES string of the molecule is Cc1nc(N2CCN(C(=O)c3cncc(F)c3)CC2)cc(-n2cccc2)n1. The van der Waals surface area contributed by atoms with E-state index in [9.17, 15) is 9.18 Å². The molecule has 0 bridgehead atoms. The zero-order valence-electron chi connectivity index (χ0n) is 14.9. The van der Waals surface area contributed by atoms with Gasteiger partial charge in [0.25, 0.3) is 5.91 Å². The molecule has 0 unspecified atom stereocenters. The number of nitrogens with zero attached hydrogens (tertiary/aromatic N) is 6. The minimum atomic E-state index is -0.506. The van der Waals surface area contributed by atoms with E-state index in [-0.39, 0.29) is 11.5 Å². The first-order chi connectivity index (χ1) is 13.1. The van der Waals surface area contributed by atoms with Gasteiger partial charge in [-0.25, -0.2) is 14.4 Å². The largest absolute Gasteiger partial charge is 0.353 e. The van der Waals surface area contributed by atoms with Crippen molar-refractivity contribution in [3.05, 3.63) is 66.3 Å².